The van der Waals surface area contributed by atoms with E-state index in [9.17, 15) is 14.4 Å². The summed E-state index contributed by atoms with van der Waals surface area (Å²) in [5, 5.41) is 2.88. The van der Waals surface area contributed by atoms with Crippen molar-refractivity contribution in [1.29, 1.82) is 0 Å². The Hall–Kier alpha value is -3.71. The summed E-state index contributed by atoms with van der Waals surface area (Å²) in [6, 6.07) is 18.8. The van der Waals surface area contributed by atoms with Crippen LogP contribution in [0.3, 0.4) is 0 Å². The molecule has 4 amide bonds. The van der Waals surface area contributed by atoms with Gasteiger partial charge in [-0.2, -0.15) is 0 Å². The van der Waals surface area contributed by atoms with Gasteiger partial charge in [0.2, 0.25) is 0 Å². The van der Waals surface area contributed by atoms with Crippen molar-refractivity contribution in [1.82, 2.24) is 9.88 Å². The van der Waals surface area contributed by atoms with E-state index in [1.54, 1.807) is 44.3 Å². The van der Waals surface area contributed by atoms with E-state index < -0.39 is 17.5 Å². The maximum absolute atomic E-state index is 13.4. The van der Waals surface area contributed by atoms with E-state index in [1.165, 1.54) is 17.2 Å². The number of nitrogens with zero attached hydrogens (tertiary/aromatic N) is 3. The summed E-state index contributed by atoms with van der Waals surface area (Å²) in [4.78, 5) is 45.3. The van der Waals surface area contributed by atoms with E-state index >= 15 is 0 Å². The summed E-state index contributed by atoms with van der Waals surface area (Å²) in [5.74, 6) is -0.751. The van der Waals surface area contributed by atoms with Crippen LogP contribution in [-0.2, 0) is 11.2 Å². The quantitative estimate of drug-likeness (QED) is 0.587. The second kappa shape index (κ2) is 8.43. The summed E-state index contributed by atoms with van der Waals surface area (Å²) >= 11 is 6.44. The van der Waals surface area contributed by atoms with Gasteiger partial charge >= 0.3 is 6.03 Å². The number of rotatable bonds is 5. The minimum atomic E-state index is -1.05. The molecule has 3 aromatic rings. The Morgan fingerprint density at radius 1 is 1.06 bits per heavy atom. The minimum absolute atomic E-state index is 0.169. The van der Waals surface area contributed by atoms with Crippen LogP contribution in [0.4, 0.5) is 16.2 Å². The second-order valence-electron chi connectivity index (χ2n) is 7.75. The highest BCUT2D eigenvalue weighted by molar-refractivity contribution is 6.36. The fraction of sp³-hybridized carbons (Fsp3) is 0.167. The van der Waals surface area contributed by atoms with Crippen molar-refractivity contribution < 1.29 is 14.4 Å². The van der Waals surface area contributed by atoms with Crippen LogP contribution >= 0.6 is 11.6 Å². The first-order valence-electron chi connectivity index (χ1n) is 9.99. The number of likely N-dealkylation sites (N-methyl/N-ethyl adjacent to an activating group) is 1. The first-order valence-corrected chi connectivity index (χ1v) is 10.4. The standard InChI is InChI=1S/C24H21ClN4O3/c1-24(15-16-8-4-3-5-9-16)22(31)29(23(32)28(24)2)20-12-11-17(14-18(20)25)27-21(30)19-10-6-7-13-26-19/h3-14H,15H2,1-2H3,(H,27,30). The summed E-state index contributed by atoms with van der Waals surface area (Å²) in [6.45, 7) is 1.75. The molecule has 1 fully saturated rings. The maximum atomic E-state index is 13.4. The van der Waals surface area contributed by atoms with E-state index in [2.05, 4.69) is 10.3 Å². The van der Waals surface area contributed by atoms with Crippen LogP contribution in [0.25, 0.3) is 0 Å². The molecule has 162 valence electrons. The van der Waals surface area contributed by atoms with Gasteiger partial charge in [0.15, 0.2) is 0 Å². The zero-order chi connectivity index (χ0) is 22.9. The fourth-order valence-electron chi connectivity index (χ4n) is 3.69. The fourth-order valence-corrected chi connectivity index (χ4v) is 3.96. The van der Waals surface area contributed by atoms with Crippen molar-refractivity contribution in [2.24, 2.45) is 0 Å². The topological polar surface area (TPSA) is 82.6 Å². The van der Waals surface area contributed by atoms with Gasteiger partial charge in [0.25, 0.3) is 11.8 Å². The van der Waals surface area contributed by atoms with Gasteiger partial charge in [-0.05, 0) is 42.8 Å². The lowest BCUT2D eigenvalue weighted by atomic mass is 9.91. The van der Waals surface area contributed by atoms with Crippen molar-refractivity contribution >= 4 is 40.8 Å². The minimum Gasteiger partial charge on any atom is -0.321 e. The predicted molar refractivity (Wildman–Crippen MR) is 123 cm³/mol. The third-order valence-corrected chi connectivity index (χ3v) is 5.92. The van der Waals surface area contributed by atoms with Crippen LogP contribution in [-0.4, -0.2) is 40.3 Å². The third-order valence-electron chi connectivity index (χ3n) is 5.62. The molecule has 1 aliphatic heterocycles. The molecule has 0 aliphatic carbocycles. The number of carbonyl (C=O) groups excluding carboxylic acids is 3. The molecule has 1 saturated heterocycles. The molecule has 0 radical (unpaired) electrons. The van der Waals surface area contributed by atoms with Gasteiger partial charge in [-0.3, -0.25) is 14.6 Å². The normalized spacial score (nSPS) is 18.2. The largest absolute Gasteiger partial charge is 0.332 e. The molecule has 2 aromatic carbocycles. The Kier molecular flexibility index (Phi) is 5.67. The summed E-state index contributed by atoms with van der Waals surface area (Å²) in [5.41, 5.74) is 0.850. The number of imide groups is 1. The third kappa shape index (κ3) is 3.83. The smallest absolute Gasteiger partial charge is 0.321 e. The van der Waals surface area contributed by atoms with Gasteiger partial charge in [0.1, 0.15) is 11.2 Å². The van der Waals surface area contributed by atoms with Crippen LogP contribution in [0.5, 0.6) is 0 Å². The molecule has 1 N–H and O–H groups in total. The SMILES string of the molecule is CN1C(=O)N(c2ccc(NC(=O)c3ccccn3)cc2Cl)C(=O)C1(C)Cc1ccccc1. The average molecular weight is 449 g/mol. The van der Waals surface area contributed by atoms with Crippen LogP contribution < -0.4 is 10.2 Å². The van der Waals surface area contributed by atoms with Crippen LogP contribution in [0.1, 0.15) is 23.0 Å². The number of hydrogen-bond donors (Lipinski definition) is 1. The van der Waals surface area contributed by atoms with Gasteiger partial charge in [-0.25, -0.2) is 9.69 Å². The number of nitrogens with one attached hydrogen (secondary N) is 1. The Morgan fingerprint density at radius 3 is 2.44 bits per heavy atom. The van der Waals surface area contributed by atoms with Crippen molar-refractivity contribution in [3.05, 3.63) is 89.2 Å². The molecule has 1 aromatic heterocycles. The molecular formula is C24H21ClN4O3. The summed E-state index contributed by atoms with van der Waals surface area (Å²) in [6.07, 6.45) is 1.90. The van der Waals surface area contributed by atoms with E-state index in [-0.39, 0.29) is 22.3 Å². The van der Waals surface area contributed by atoms with Crippen LogP contribution in [0.15, 0.2) is 72.9 Å². The van der Waals surface area contributed by atoms with E-state index in [4.69, 9.17) is 11.6 Å². The Bertz CT molecular complexity index is 1190. The monoisotopic (exact) mass is 448 g/mol. The number of pyridine rings is 1. The van der Waals surface area contributed by atoms with E-state index in [0.717, 1.165) is 10.5 Å². The molecule has 1 unspecified atom stereocenters. The highest BCUT2D eigenvalue weighted by Crippen LogP contribution is 2.37. The van der Waals surface area contributed by atoms with Gasteiger partial charge < -0.3 is 10.2 Å². The number of aromatic nitrogens is 1. The lowest BCUT2D eigenvalue weighted by Crippen LogP contribution is -2.47. The van der Waals surface area contributed by atoms with Crippen molar-refractivity contribution in [2.45, 2.75) is 18.9 Å². The summed E-state index contributed by atoms with van der Waals surface area (Å²) < 4.78 is 0. The van der Waals surface area contributed by atoms with Crippen LogP contribution in [0.2, 0.25) is 5.02 Å². The van der Waals surface area contributed by atoms with Crippen molar-refractivity contribution in [2.75, 3.05) is 17.3 Å². The first kappa shape index (κ1) is 21.5. The molecular weight excluding hydrogens is 428 g/mol. The molecule has 0 spiro atoms. The first-order chi connectivity index (χ1) is 15.3. The van der Waals surface area contributed by atoms with Gasteiger partial charge in [0, 0.05) is 25.4 Å². The number of carbonyl (C=O) groups is 3. The van der Waals surface area contributed by atoms with E-state index in [1.807, 2.05) is 30.3 Å². The van der Waals surface area contributed by atoms with E-state index in [0.29, 0.717) is 12.1 Å². The predicted octanol–water partition coefficient (Wildman–Crippen LogP) is 4.39. The maximum Gasteiger partial charge on any atom is 0.332 e. The van der Waals surface area contributed by atoms with Gasteiger partial charge in [0.05, 0.1) is 10.7 Å². The number of halogens is 1. The molecule has 8 heteroatoms. The second-order valence-corrected chi connectivity index (χ2v) is 8.16. The van der Waals surface area contributed by atoms with Crippen LogP contribution in [0, 0.1) is 0 Å². The molecule has 0 saturated carbocycles. The van der Waals surface area contributed by atoms with Crippen molar-refractivity contribution in [3.63, 3.8) is 0 Å². The van der Waals surface area contributed by atoms with Gasteiger partial charge in [-0.15, -0.1) is 0 Å². The Balaban J connectivity index is 1.58. The number of anilines is 2. The number of benzene rings is 2. The zero-order valence-corrected chi connectivity index (χ0v) is 18.3. The molecule has 7 nitrogen and oxygen atoms in total. The highest BCUT2D eigenvalue weighted by Gasteiger charge is 2.53. The lowest BCUT2D eigenvalue weighted by Gasteiger charge is -2.28. The highest BCUT2D eigenvalue weighted by atomic mass is 35.5. The molecule has 1 aliphatic rings. The average Bonchev–Trinajstić information content (AvgIpc) is 2.95. The molecule has 4 rings (SSSR count). The summed E-state index contributed by atoms with van der Waals surface area (Å²) in [7, 11) is 1.61. The number of urea groups is 1. The Morgan fingerprint density at radius 2 is 1.78 bits per heavy atom. The Labute approximate surface area is 190 Å². The molecule has 0 bridgehead atoms. The lowest BCUT2D eigenvalue weighted by molar-refractivity contribution is -0.123. The number of hydrogen-bond acceptors (Lipinski definition) is 4. The molecule has 2 heterocycles. The molecule has 32 heavy (non-hydrogen) atoms. The van der Waals surface area contributed by atoms with Crippen molar-refractivity contribution in [3.8, 4) is 0 Å². The molecule has 1 atom stereocenters. The zero-order valence-electron chi connectivity index (χ0n) is 17.6. The van der Waals surface area contributed by atoms with Gasteiger partial charge in [-0.1, -0.05) is 48.0 Å². The number of amides is 4.